The first kappa shape index (κ1) is 17.3. The van der Waals surface area contributed by atoms with Crippen molar-refractivity contribution in [3.05, 3.63) is 33.0 Å². The number of aromatic nitrogens is 1. The van der Waals surface area contributed by atoms with Crippen LogP contribution < -0.4 is 10.1 Å². The molecule has 1 heterocycles. The summed E-state index contributed by atoms with van der Waals surface area (Å²) in [6, 6.07) is 5.68. The molecule has 1 amide bonds. The number of amides is 1. The molecule has 2 aromatic rings. The quantitative estimate of drug-likeness (QED) is 0.697. The van der Waals surface area contributed by atoms with Gasteiger partial charge in [-0.3, -0.25) is 9.78 Å². The van der Waals surface area contributed by atoms with Crippen LogP contribution in [0, 0.1) is 3.57 Å². The van der Waals surface area contributed by atoms with Gasteiger partial charge in [0, 0.05) is 17.6 Å². The van der Waals surface area contributed by atoms with Crippen molar-refractivity contribution in [1.29, 1.82) is 0 Å². The molecule has 6 heteroatoms. The highest BCUT2D eigenvalue weighted by atomic mass is 127. The Bertz CT molecular complexity index is 678. The fraction of sp³-hybridized carbons (Fsp3) is 0.375. The molecular formula is C16H18ClIN2O2. The first-order valence-corrected chi connectivity index (χ1v) is 8.63. The molecule has 22 heavy (non-hydrogen) atoms. The summed E-state index contributed by atoms with van der Waals surface area (Å²) in [6.07, 6.45) is 3.67. The van der Waals surface area contributed by atoms with E-state index in [1.807, 2.05) is 25.1 Å². The molecule has 1 aromatic heterocycles. The van der Waals surface area contributed by atoms with Gasteiger partial charge in [0.1, 0.15) is 5.52 Å². The first-order chi connectivity index (χ1) is 10.5. The zero-order valence-electron chi connectivity index (χ0n) is 12.5. The zero-order chi connectivity index (χ0) is 16.1. The second kappa shape index (κ2) is 7.97. The lowest BCUT2D eigenvalue weighted by Gasteiger charge is -2.15. The summed E-state index contributed by atoms with van der Waals surface area (Å²) in [5, 5.41) is 4.36. The Kier molecular flexibility index (Phi) is 6.26. The van der Waals surface area contributed by atoms with E-state index in [1.54, 1.807) is 6.20 Å². The average Bonchev–Trinajstić information content (AvgIpc) is 2.47. The van der Waals surface area contributed by atoms with Crippen LogP contribution in [0.15, 0.2) is 24.4 Å². The number of rotatable bonds is 6. The standard InChI is InChI=1S/C16H18ClIN2O2/c1-3-5-10(2)20-14(21)9-22-16-13(18)8-12(17)11-6-4-7-19-15(11)16/h4,6-8,10H,3,5,9H2,1-2H3,(H,20,21). The van der Waals surface area contributed by atoms with Gasteiger partial charge in [0.15, 0.2) is 12.4 Å². The Labute approximate surface area is 148 Å². The maximum atomic E-state index is 11.9. The van der Waals surface area contributed by atoms with E-state index in [0.29, 0.717) is 16.3 Å². The molecule has 0 spiro atoms. The minimum atomic E-state index is -0.129. The number of hydrogen-bond donors (Lipinski definition) is 1. The maximum Gasteiger partial charge on any atom is 0.258 e. The van der Waals surface area contributed by atoms with Crippen LogP contribution in [0.25, 0.3) is 10.9 Å². The highest BCUT2D eigenvalue weighted by molar-refractivity contribution is 14.1. The number of nitrogens with one attached hydrogen (secondary N) is 1. The Morgan fingerprint density at radius 3 is 3.05 bits per heavy atom. The molecular weight excluding hydrogens is 415 g/mol. The van der Waals surface area contributed by atoms with Gasteiger partial charge in [0.05, 0.1) is 8.59 Å². The van der Waals surface area contributed by atoms with Crippen LogP contribution in [0.3, 0.4) is 0 Å². The summed E-state index contributed by atoms with van der Waals surface area (Å²) in [6.45, 7) is 4.05. The molecule has 0 aliphatic heterocycles. The molecule has 0 saturated heterocycles. The van der Waals surface area contributed by atoms with Crippen molar-refractivity contribution in [1.82, 2.24) is 10.3 Å². The summed E-state index contributed by atoms with van der Waals surface area (Å²) in [7, 11) is 0. The van der Waals surface area contributed by atoms with Crippen LogP contribution in [-0.2, 0) is 4.79 Å². The molecule has 0 radical (unpaired) electrons. The van der Waals surface area contributed by atoms with Gasteiger partial charge in [-0.25, -0.2) is 0 Å². The number of nitrogens with zero attached hydrogens (tertiary/aromatic N) is 1. The number of carbonyl (C=O) groups excluding carboxylic acids is 1. The summed E-state index contributed by atoms with van der Waals surface area (Å²) in [4.78, 5) is 16.3. The molecule has 0 bridgehead atoms. The van der Waals surface area contributed by atoms with Crippen molar-refractivity contribution < 1.29 is 9.53 Å². The number of benzene rings is 1. The lowest BCUT2D eigenvalue weighted by molar-refractivity contribution is -0.123. The van der Waals surface area contributed by atoms with Gasteiger partial charge in [0.2, 0.25) is 0 Å². The minimum Gasteiger partial charge on any atom is -0.480 e. The number of halogens is 2. The topological polar surface area (TPSA) is 51.2 Å². The van der Waals surface area contributed by atoms with E-state index in [4.69, 9.17) is 16.3 Å². The van der Waals surface area contributed by atoms with E-state index in [2.05, 4.69) is 39.8 Å². The lowest BCUT2D eigenvalue weighted by Crippen LogP contribution is -2.36. The molecule has 2 rings (SSSR count). The molecule has 0 saturated carbocycles. The SMILES string of the molecule is CCCC(C)NC(=O)COc1c(I)cc(Cl)c2cccnc12. The summed E-state index contributed by atoms with van der Waals surface area (Å²) in [5.74, 6) is 0.467. The predicted molar refractivity (Wildman–Crippen MR) is 97.5 cm³/mol. The fourth-order valence-corrected chi connectivity index (χ4v) is 3.41. The van der Waals surface area contributed by atoms with E-state index in [-0.39, 0.29) is 18.6 Å². The third-order valence-electron chi connectivity index (χ3n) is 3.23. The van der Waals surface area contributed by atoms with Crippen LogP contribution in [0.4, 0.5) is 0 Å². The predicted octanol–water partition coefficient (Wildman–Crippen LogP) is 4.18. The number of carbonyl (C=O) groups is 1. The van der Waals surface area contributed by atoms with Gasteiger partial charge in [-0.15, -0.1) is 0 Å². The fourth-order valence-electron chi connectivity index (χ4n) is 2.24. The van der Waals surface area contributed by atoms with Crippen molar-refractivity contribution in [2.45, 2.75) is 32.7 Å². The third kappa shape index (κ3) is 4.23. The van der Waals surface area contributed by atoms with Crippen LogP contribution >= 0.6 is 34.2 Å². The van der Waals surface area contributed by atoms with Crippen molar-refractivity contribution in [3.63, 3.8) is 0 Å². The van der Waals surface area contributed by atoms with Crippen LogP contribution in [0.2, 0.25) is 5.02 Å². The molecule has 1 unspecified atom stereocenters. The smallest absolute Gasteiger partial charge is 0.258 e. The van der Waals surface area contributed by atoms with Gasteiger partial charge in [-0.05, 0) is 54.1 Å². The van der Waals surface area contributed by atoms with Crippen molar-refractivity contribution >= 4 is 51.0 Å². The Balaban J connectivity index is 2.13. The van der Waals surface area contributed by atoms with Crippen molar-refractivity contribution in [2.75, 3.05) is 6.61 Å². The van der Waals surface area contributed by atoms with E-state index in [0.717, 1.165) is 21.8 Å². The molecule has 4 nitrogen and oxygen atoms in total. The molecule has 1 atom stereocenters. The van der Waals surface area contributed by atoms with Crippen molar-refractivity contribution in [3.8, 4) is 5.75 Å². The second-order valence-corrected chi connectivity index (χ2v) is 6.68. The molecule has 0 fully saturated rings. The highest BCUT2D eigenvalue weighted by Gasteiger charge is 2.14. The number of pyridine rings is 1. The summed E-state index contributed by atoms with van der Waals surface area (Å²) in [5.41, 5.74) is 0.675. The molecule has 118 valence electrons. The van der Waals surface area contributed by atoms with E-state index >= 15 is 0 Å². The second-order valence-electron chi connectivity index (χ2n) is 5.11. The lowest BCUT2D eigenvalue weighted by atomic mass is 10.2. The number of ether oxygens (including phenoxy) is 1. The number of fused-ring (bicyclic) bond motifs is 1. The average molecular weight is 433 g/mol. The van der Waals surface area contributed by atoms with Gasteiger partial charge in [-0.1, -0.05) is 24.9 Å². The van der Waals surface area contributed by atoms with Crippen LogP contribution in [0.1, 0.15) is 26.7 Å². The Morgan fingerprint density at radius 1 is 1.55 bits per heavy atom. The normalized spacial score (nSPS) is 12.2. The zero-order valence-corrected chi connectivity index (χ0v) is 15.4. The Morgan fingerprint density at radius 2 is 2.32 bits per heavy atom. The van der Waals surface area contributed by atoms with Gasteiger partial charge < -0.3 is 10.1 Å². The van der Waals surface area contributed by atoms with Gasteiger partial charge >= 0.3 is 0 Å². The third-order valence-corrected chi connectivity index (χ3v) is 4.34. The molecule has 0 aliphatic rings. The van der Waals surface area contributed by atoms with E-state index < -0.39 is 0 Å². The maximum absolute atomic E-state index is 11.9. The van der Waals surface area contributed by atoms with E-state index in [1.165, 1.54) is 0 Å². The summed E-state index contributed by atoms with van der Waals surface area (Å²) < 4.78 is 6.54. The summed E-state index contributed by atoms with van der Waals surface area (Å²) >= 11 is 8.36. The number of hydrogen-bond acceptors (Lipinski definition) is 3. The molecule has 1 N–H and O–H groups in total. The monoisotopic (exact) mass is 432 g/mol. The Hall–Kier alpha value is -1.08. The van der Waals surface area contributed by atoms with Crippen molar-refractivity contribution in [2.24, 2.45) is 0 Å². The molecule has 1 aromatic carbocycles. The van der Waals surface area contributed by atoms with Crippen LogP contribution in [-0.4, -0.2) is 23.5 Å². The highest BCUT2D eigenvalue weighted by Crippen LogP contribution is 2.34. The van der Waals surface area contributed by atoms with Gasteiger partial charge in [0.25, 0.3) is 5.91 Å². The largest absolute Gasteiger partial charge is 0.480 e. The minimum absolute atomic E-state index is 0.0304. The first-order valence-electron chi connectivity index (χ1n) is 7.17. The van der Waals surface area contributed by atoms with Crippen LogP contribution in [0.5, 0.6) is 5.75 Å². The van der Waals surface area contributed by atoms with E-state index in [9.17, 15) is 4.79 Å². The van der Waals surface area contributed by atoms with Gasteiger partial charge in [-0.2, -0.15) is 0 Å². The molecule has 0 aliphatic carbocycles.